The van der Waals surface area contributed by atoms with Crippen LogP contribution in [0.15, 0.2) is 30.0 Å². The Morgan fingerprint density at radius 2 is 2.13 bits per heavy atom. The lowest BCUT2D eigenvalue weighted by atomic mass is 10.1. The van der Waals surface area contributed by atoms with E-state index in [-0.39, 0.29) is 6.09 Å². The lowest BCUT2D eigenvalue weighted by Crippen LogP contribution is -2.39. The predicted molar refractivity (Wildman–Crippen MR) is 91.2 cm³/mol. The molecule has 0 spiro atoms. The Kier molecular flexibility index (Phi) is 5.77. The number of hydrogen-bond donors (Lipinski definition) is 1. The third-order valence-electron chi connectivity index (χ3n) is 3.59. The first-order valence-electron chi connectivity index (χ1n) is 8.11. The molecule has 1 N–H and O–H groups in total. The van der Waals surface area contributed by atoms with Gasteiger partial charge in [0.25, 0.3) is 0 Å². The van der Waals surface area contributed by atoms with E-state index < -0.39 is 5.60 Å². The van der Waals surface area contributed by atoms with E-state index in [2.05, 4.69) is 22.4 Å². The second kappa shape index (κ2) is 7.59. The first kappa shape index (κ1) is 17.5. The maximum Gasteiger partial charge on any atom is 0.410 e. The van der Waals surface area contributed by atoms with E-state index in [9.17, 15) is 4.79 Å². The van der Waals surface area contributed by atoms with Crippen molar-refractivity contribution in [1.82, 2.24) is 15.2 Å². The number of aromatic nitrogens is 1. The van der Waals surface area contributed by atoms with Crippen LogP contribution in [0.1, 0.15) is 38.4 Å². The van der Waals surface area contributed by atoms with Crippen molar-refractivity contribution in [2.45, 2.75) is 46.3 Å². The number of pyridine rings is 1. The molecule has 1 aliphatic heterocycles. The summed E-state index contributed by atoms with van der Waals surface area (Å²) < 4.78 is 5.39. The van der Waals surface area contributed by atoms with Gasteiger partial charge in [-0.3, -0.25) is 4.98 Å². The molecule has 0 saturated heterocycles. The quantitative estimate of drug-likeness (QED) is 0.867. The minimum Gasteiger partial charge on any atom is -0.444 e. The van der Waals surface area contributed by atoms with Crippen molar-refractivity contribution < 1.29 is 9.53 Å². The van der Waals surface area contributed by atoms with Crippen molar-refractivity contribution in [3.63, 3.8) is 0 Å². The first-order valence-corrected chi connectivity index (χ1v) is 8.11. The molecule has 2 rings (SSSR count). The largest absolute Gasteiger partial charge is 0.444 e. The number of amides is 1. The van der Waals surface area contributed by atoms with E-state index in [0.717, 1.165) is 25.2 Å². The molecular formula is C18H27N3O2. The fourth-order valence-electron chi connectivity index (χ4n) is 2.32. The Labute approximate surface area is 138 Å². The molecule has 0 saturated carbocycles. The molecule has 1 aromatic rings. The average molecular weight is 317 g/mol. The molecule has 0 fully saturated rings. The van der Waals surface area contributed by atoms with Gasteiger partial charge in [0, 0.05) is 32.4 Å². The fraction of sp³-hybridized carbons (Fsp3) is 0.556. The zero-order valence-corrected chi connectivity index (χ0v) is 14.6. The maximum atomic E-state index is 12.0. The molecule has 126 valence electrons. The molecule has 5 nitrogen and oxygen atoms in total. The van der Waals surface area contributed by atoms with Crippen LogP contribution in [-0.2, 0) is 11.3 Å². The fourth-order valence-corrected chi connectivity index (χ4v) is 2.32. The molecule has 0 radical (unpaired) electrons. The van der Waals surface area contributed by atoms with Gasteiger partial charge in [0.15, 0.2) is 0 Å². The normalized spacial score (nSPS) is 15.3. The summed E-state index contributed by atoms with van der Waals surface area (Å²) in [4.78, 5) is 18.1. The molecule has 1 aromatic heterocycles. The van der Waals surface area contributed by atoms with E-state index in [0.29, 0.717) is 13.1 Å². The Morgan fingerprint density at radius 1 is 1.35 bits per heavy atom. The van der Waals surface area contributed by atoms with Crippen LogP contribution in [0.2, 0.25) is 0 Å². The van der Waals surface area contributed by atoms with Crippen molar-refractivity contribution in [1.29, 1.82) is 0 Å². The van der Waals surface area contributed by atoms with E-state index in [4.69, 9.17) is 4.74 Å². The second-order valence-electron chi connectivity index (χ2n) is 6.97. The highest BCUT2D eigenvalue weighted by molar-refractivity contribution is 5.68. The van der Waals surface area contributed by atoms with Crippen LogP contribution >= 0.6 is 0 Å². The Bertz CT molecular complexity index is 559. The smallest absolute Gasteiger partial charge is 0.410 e. The average Bonchev–Trinajstić information content (AvgIpc) is 2.48. The molecule has 5 heteroatoms. The molecule has 1 aliphatic rings. The third-order valence-corrected chi connectivity index (χ3v) is 3.59. The van der Waals surface area contributed by atoms with Crippen LogP contribution < -0.4 is 5.32 Å². The number of carbonyl (C=O) groups is 1. The zero-order chi connectivity index (χ0) is 16.9. The highest BCUT2D eigenvalue weighted by atomic mass is 16.6. The van der Waals surface area contributed by atoms with Gasteiger partial charge < -0.3 is 15.0 Å². The topological polar surface area (TPSA) is 54.5 Å². The molecule has 0 aliphatic carbocycles. The highest BCUT2D eigenvalue weighted by Crippen LogP contribution is 2.15. The molecule has 2 heterocycles. The Morgan fingerprint density at radius 3 is 2.70 bits per heavy atom. The Balaban J connectivity index is 1.74. The summed E-state index contributed by atoms with van der Waals surface area (Å²) in [5, 5.41) is 3.41. The van der Waals surface area contributed by atoms with Crippen molar-refractivity contribution in [2.75, 3.05) is 19.6 Å². The molecule has 0 atom stereocenters. The second-order valence-corrected chi connectivity index (χ2v) is 6.97. The highest BCUT2D eigenvalue weighted by Gasteiger charge is 2.23. The number of aryl methyl sites for hydroxylation is 1. The number of hydrogen-bond acceptors (Lipinski definition) is 4. The summed E-state index contributed by atoms with van der Waals surface area (Å²) in [6.07, 6.45) is 4.65. The lowest BCUT2D eigenvalue weighted by Gasteiger charge is -2.29. The van der Waals surface area contributed by atoms with Crippen molar-refractivity contribution in [2.24, 2.45) is 0 Å². The summed E-state index contributed by atoms with van der Waals surface area (Å²) in [5.41, 5.74) is 3.11. The molecule has 0 bridgehead atoms. The SMILES string of the molecule is Cc1ccc(CNCC2=CCN(C(=O)OC(C)(C)C)CC2)nc1. The summed E-state index contributed by atoms with van der Waals surface area (Å²) in [7, 11) is 0. The van der Waals surface area contributed by atoms with Crippen LogP contribution in [0, 0.1) is 6.92 Å². The Hall–Kier alpha value is -1.88. The summed E-state index contributed by atoms with van der Waals surface area (Å²) in [6, 6.07) is 4.12. The van der Waals surface area contributed by atoms with Crippen LogP contribution in [0.25, 0.3) is 0 Å². The molecule has 23 heavy (non-hydrogen) atoms. The van der Waals surface area contributed by atoms with Gasteiger partial charge in [-0.15, -0.1) is 0 Å². The van der Waals surface area contributed by atoms with Gasteiger partial charge in [0.2, 0.25) is 0 Å². The number of nitrogens with zero attached hydrogens (tertiary/aromatic N) is 2. The minimum absolute atomic E-state index is 0.232. The number of rotatable bonds is 4. The number of nitrogens with one attached hydrogen (secondary N) is 1. The van der Waals surface area contributed by atoms with Gasteiger partial charge in [0.05, 0.1) is 5.69 Å². The van der Waals surface area contributed by atoms with Gasteiger partial charge >= 0.3 is 6.09 Å². The minimum atomic E-state index is -0.441. The van der Waals surface area contributed by atoms with E-state index in [1.54, 1.807) is 4.90 Å². The van der Waals surface area contributed by atoms with Gasteiger partial charge in [-0.1, -0.05) is 17.7 Å². The van der Waals surface area contributed by atoms with Gasteiger partial charge in [-0.25, -0.2) is 4.79 Å². The summed E-state index contributed by atoms with van der Waals surface area (Å²) in [5.74, 6) is 0. The molecular weight excluding hydrogens is 290 g/mol. The standard InChI is InChI=1S/C18H27N3O2/c1-14-5-6-16(20-11-14)13-19-12-15-7-9-21(10-8-15)17(22)23-18(2,3)4/h5-7,11,19H,8-10,12-13H2,1-4H3. The van der Waals surface area contributed by atoms with Crippen molar-refractivity contribution in [3.8, 4) is 0 Å². The molecule has 0 aromatic carbocycles. The predicted octanol–water partition coefficient (Wildman–Crippen LogP) is 3.05. The third kappa shape index (κ3) is 6.02. The van der Waals surface area contributed by atoms with Crippen molar-refractivity contribution in [3.05, 3.63) is 41.2 Å². The molecule has 0 unspecified atom stereocenters. The maximum absolute atomic E-state index is 12.0. The first-order chi connectivity index (χ1) is 10.8. The lowest BCUT2D eigenvalue weighted by molar-refractivity contribution is 0.0265. The summed E-state index contributed by atoms with van der Waals surface area (Å²) >= 11 is 0. The molecule has 1 amide bonds. The number of carbonyl (C=O) groups excluding carboxylic acids is 1. The zero-order valence-electron chi connectivity index (χ0n) is 14.6. The monoisotopic (exact) mass is 317 g/mol. The van der Waals surface area contributed by atoms with E-state index in [1.807, 2.05) is 40.0 Å². The van der Waals surface area contributed by atoms with E-state index in [1.165, 1.54) is 11.1 Å². The summed E-state index contributed by atoms with van der Waals surface area (Å²) in [6.45, 7) is 10.6. The van der Waals surface area contributed by atoms with Gasteiger partial charge in [-0.05, 0) is 45.7 Å². The van der Waals surface area contributed by atoms with Crippen molar-refractivity contribution >= 4 is 6.09 Å². The van der Waals surface area contributed by atoms with Crippen LogP contribution in [0.3, 0.4) is 0 Å². The van der Waals surface area contributed by atoms with Gasteiger partial charge in [0.1, 0.15) is 5.60 Å². The van der Waals surface area contributed by atoms with Crippen LogP contribution in [0.5, 0.6) is 0 Å². The van der Waals surface area contributed by atoms with E-state index >= 15 is 0 Å². The van der Waals surface area contributed by atoms with Crippen LogP contribution in [0.4, 0.5) is 4.79 Å². The van der Waals surface area contributed by atoms with Gasteiger partial charge in [-0.2, -0.15) is 0 Å². The number of ether oxygens (including phenoxy) is 1. The van der Waals surface area contributed by atoms with Crippen LogP contribution in [-0.4, -0.2) is 41.2 Å².